The summed E-state index contributed by atoms with van der Waals surface area (Å²) in [6.07, 6.45) is -0.571. The number of carbonyl (C=O) groups excluding carboxylic acids is 2. The highest BCUT2D eigenvalue weighted by Crippen LogP contribution is 2.14. The van der Waals surface area contributed by atoms with Crippen LogP contribution in [-0.4, -0.2) is 30.0 Å². The van der Waals surface area contributed by atoms with Crippen LogP contribution in [0.15, 0.2) is 24.3 Å². The van der Waals surface area contributed by atoms with Gasteiger partial charge < -0.3 is 9.47 Å². The minimum absolute atomic E-state index is 0.242. The minimum atomic E-state index is -0.576. The third kappa shape index (κ3) is 5.97. The molecular formula is C14H19NO4S. The summed E-state index contributed by atoms with van der Waals surface area (Å²) in [5.74, 6) is 0.00796. The summed E-state index contributed by atoms with van der Waals surface area (Å²) in [5, 5.41) is 2.57. The fraction of sp³-hybridized carbons (Fsp3) is 0.429. The van der Waals surface area contributed by atoms with Crippen molar-refractivity contribution in [1.29, 1.82) is 0 Å². The average molecular weight is 297 g/mol. The number of ether oxygens (including phenoxy) is 2. The van der Waals surface area contributed by atoms with Crippen molar-refractivity contribution < 1.29 is 19.1 Å². The van der Waals surface area contributed by atoms with E-state index < -0.39 is 17.7 Å². The van der Waals surface area contributed by atoms with Gasteiger partial charge in [0.1, 0.15) is 12.2 Å². The Bertz CT molecular complexity index is 482. The van der Waals surface area contributed by atoms with Crippen LogP contribution < -0.4 is 5.32 Å². The van der Waals surface area contributed by atoms with Crippen LogP contribution >= 0.6 is 12.6 Å². The molecule has 1 N–H and O–H groups in total. The summed E-state index contributed by atoms with van der Waals surface area (Å²) < 4.78 is 10.1. The Morgan fingerprint density at radius 2 is 2.00 bits per heavy atom. The number of amides is 1. The maximum absolute atomic E-state index is 11.7. The van der Waals surface area contributed by atoms with Crippen LogP contribution in [-0.2, 0) is 9.47 Å². The second-order valence-corrected chi connectivity index (χ2v) is 5.51. The summed E-state index contributed by atoms with van der Waals surface area (Å²) in [5.41, 5.74) is 0.257. The normalized spacial score (nSPS) is 10.8. The van der Waals surface area contributed by atoms with Gasteiger partial charge in [0.25, 0.3) is 0 Å². The van der Waals surface area contributed by atoms with Crippen LogP contribution in [0.3, 0.4) is 0 Å². The van der Waals surface area contributed by atoms with E-state index in [0.29, 0.717) is 17.0 Å². The van der Waals surface area contributed by atoms with E-state index in [-0.39, 0.29) is 6.61 Å². The first-order chi connectivity index (χ1) is 9.31. The van der Waals surface area contributed by atoms with Crippen LogP contribution in [0.1, 0.15) is 31.1 Å². The highest BCUT2D eigenvalue weighted by molar-refractivity contribution is 7.80. The molecule has 1 amide bonds. The number of rotatable bonds is 4. The number of hydrogen-bond donors (Lipinski definition) is 2. The molecule has 0 aromatic heterocycles. The highest BCUT2D eigenvalue weighted by Gasteiger charge is 2.16. The van der Waals surface area contributed by atoms with E-state index in [1.807, 2.05) is 0 Å². The van der Waals surface area contributed by atoms with E-state index >= 15 is 0 Å². The van der Waals surface area contributed by atoms with Gasteiger partial charge in [-0.3, -0.25) is 5.32 Å². The van der Waals surface area contributed by atoms with Crippen LogP contribution in [0.2, 0.25) is 0 Å². The Morgan fingerprint density at radius 1 is 1.30 bits per heavy atom. The van der Waals surface area contributed by atoms with E-state index in [1.54, 1.807) is 39.0 Å². The van der Waals surface area contributed by atoms with Gasteiger partial charge >= 0.3 is 12.1 Å². The van der Waals surface area contributed by atoms with Crippen molar-refractivity contribution in [2.24, 2.45) is 0 Å². The Kier molecular flexibility index (Phi) is 5.88. The zero-order valence-corrected chi connectivity index (χ0v) is 12.7. The Labute approximate surface area is 124 Å². The molecule has 0 bridgehead atoms. The predicted molar refractivity (Wildman–Crippen MR) is 80.4 cm³/mol. The van der Waals surface area contributed by atoms with Crippen LogP contribution in [0, 0.1) is 0 Å². The predicted octanol–water partition coefficient (Wildman–Crippen LogP) is 3.12. The molecule has 0 aliphatic carbocycles. The van der Waals surface area contributed by atoms with Crippen LogP contribution in [0.5, 0.6) is 0 Å². The van der Waals surface area contributed by atoms with Gasteiger partial charge in [-0.05, 0) is 39.0 Å². The third-order valence-electron chi connectivity index (χ3n) is 2.07. The molecule has 0 saturated carbocycles. The monoisotopic (exact) mass is 297 g/mol. The van der Waals surface area contributed by atoms with Gasteiger partial charge in [-0.25, -0.2) is 9.59 Å². The topological polar surface area (TPSA) is 64.6 Å². The van der Waals surface area contributed by atoms with Crippen molar-refractivity contribution in [3.05, 3.63) is 29.8 Å². The molecule has 0 radical (unpaired) electrons. The maximum atomic E-state index is 11.7. The number of thiol groups is 1. The fourth-order valence-electron chi connectivity index (χ4n) is 1.37. The molecule has 0 unspecified atom stereocenters. The molecule has 0 fully saturated rings. The quantitative estimate of drug-likeness (QED) is 0.662. The lowest BCUT2D eigenvalue weighted by molar-refractivity contribution is 0.0529. The molecule has 5 nitrogen and oxygen atoms in total. The fourth-order valence-corrected chi connectivity index (χ4v) is 1.46. The first-order valence-electron chi connectivity index (χ1n) is 6.20. The van der Waals surface area contributed by atoms with E-state index in [1.165, 1.54) is 6.07 Å². The summed E-state index contributed by atoms with van der Waals surface area (Å²) >= 11 is 3.96. The van der Waals surface area contributed by atoms with E-state index in [0.717, 1.165) is 0 Å². The van der Waals surface area contributed by atoms with Crippen molar-refractivity contribution in [2.75, 3.05) is 17.7 Å². The van der Waals surface area contributed by atoms with Crippen LogP contribution in [0.4, 0.5) is 10.5 Å². The first-order valence-corrected chi connectivity index (χ1v) is 6.83. The molecule has 110 valence electrons. The second-order valence-electron chi connectivity index (χ2n) is 5.07. The summed E-state index contributed by atoms with van der Waals surface area (Å²) in [4.78, 5) is 23.3. The van der Waals surface area contributed by atoms with Crippen molar-refractivity contribution in [3.63, 3.8) is 0 Å². The van der Waals surface area contributed by atoms with Crippen molar-refractivity contribution in [3.8, 4) is 0 Å². The Hall–Kier alpha value is -1.69. The third-order valence-corrected chi connectivity index (χ3v) is 2.25. The second kappa shape index (κ2) is 7.19. The molecule has 6 heteroatoms. The maximum Gasteiger partial charge on any atom is 0.412 e. The number of hydrogen-bond acceptors (Lipinski definition) is 5. The zero-order valence-electron chi connectivity index (χ0n) is 11.8. The standard InChI is InChI=1S/C14H19NO4S/c1-14(2,3)19-13(17)15-11-6-4-5-10(9-11)12(16)18-7-8-20/h4-6,9,20H,7-8H2,1-3H3,(H,15,17). The molecule has 0 aliphatic heterocycles. The van der Waals surface area contributed by atoms with Crippen molar-refractivity contribution in [1.82, 2.24) is 0 Å². The molecule has 0 saturated heterocycles. The molecule has 1 rings (SSSR count). The number of esters is 1. The van der Waals surface area contributed by atoms with Crippen LogP contribution in [0.25, 0.3) is 0 Å². The molecule has 1 aromatic carbocycles. The van der Waals surface area contributed by atoms with E-state index in [2.05, 4.69) is 17.9 Å². The lowest BCUT2D eigenvalue weighted by Crippen LogP contribution is -2.27. The van der Waals surface area contributed by atoms with Gasteiger partial charge in [-0.1, -0.05) is 6.07 Å². The largest absolute Gasteiger partial charge is 0.461 e. The van der Waals surface area contributed by atoms with E-state index in [9.17, 15) is 9.59 Å². The average Bonchev–Trinajstić information content (AvgIpc) is 2.33. The molecule has 1 aromatic rings. The van der Waals surface area contributed by atoms with Gasteiger partial charge in [0, 0.05) is 11.4 Å². The smallest absolute Gasteiger partial charge is 0.412 e. The highest BCUT2D eigenvalue weighted by atomic mass is 32.1. The SMILES string of the molecule is CC(C)(C)OC(=O)Nc1cccc(C(=O)OCCS)c1. The summed E-state index contributed by atoms with van der Waals surface area (Å²) in [7, 11) is 0. The molecule has 20 heavy (non-hydrogen) atoms. The Morgan fingerprint density at radius 3 is 2.60 bits per heavy atom. The van der Waals surface area contributed by atoms with Crippen molar-refractivity contribution >= 4 is 30.4 Å². The van der Waals surface area contributed by atoms with Gasteiger partial charge in [0.15, 0.2) is 0 Å². The number of nitrogens with one attached hydrogen (secondary N) is 1. The molecule has 0 atom stereocenters. The number of anilines is 1. The molecule has 0 heterocycles. The van der Waals surface area contributed by atoms with Gasteiger partial charge in [0.05, 0.1) is 5.56 Å². The van der Waals surface area contributed by atoms with Gasteiger partial charge in [-0.2, -0.15) is 12.6 Å². The molecule has 0 spiro atoms. The molecule has 0 aliphatic rings. The number of carbonyl (C=O) groups is 2. The first kappa shape index (κ1) is 16.4. The van der Waals surface area contributed by atoms with Crippen molar-refractivity contribution in [2.45, 2.75) is 26.4 Å². The van der Waals surface area contributed by atoms with Gasteiger partial charge in [-0.15, -0.1) is 0 Å². The lowest BCUT2D eigenvalue weighted by atomic mass is 10.2. The lowest BCUT2D eigenvalue weighted by Gasteiger charge is -2.19. The summed E-state index contributed by atoms with van der Waals surface area (Å²) in [6.45, 7) is 5.57. The Balaban J connectivity index is 2.68. The minimum Gasteiger partial charge on any atom is -0.461 e. The summed E-state index contributed by atoms with van der Waals surface area (Å²) in [6, 6.07) is 6.47. The van der Waals surface area contributed by atoms with E-state index in [4.69, 9.17) is 9.47 Å². The van der Waals surface area contributed by atoms with Gasteiger partial charge in [0.2, 0.25) is 0 Å². The zero-order chi connectivity index (χ0) is 15.2. The number of benzene rings is 1. The molecular weight excluding hydrogens is 278 g/mol.